The number of nitrogens with two attached hydrogens (primary N) is 1. The highest BCUT2D eigenvalue weighted by molar-refractivity contribution is 7.09. The van der Waals surface area contributed by atoms with Crippen LogP contribution in [0.1, 0.15) is 36.3 Å². The van der Waals surface area contributed by atoms with Crippen molar-refractivity contribution in [1.29, 1.82) is 0 Å². The van der Waals surface area contributed by atoms with Gasteiger partial charge in [0.25, 0.3) is 5.91 Å². The van der Waals surface area contributed by atoms with Gasteiger partial charge in [0.15, 0.2) is 0 Å². The maximum absolute atomic E-state index is 12.7. The Balaban J connectivity index is 1.58. The molecular formula is C22H32N6O3S. The molecule has 0 unspecified atom stereocenters. The SMILES string of the molecule is CC(C)NC(=O)N(CCCN1CCOCC1)Cc1ccc(C(=O)Nc2cscc2N)nc1. The predicted molar refractivity (Wildman–Crippen MR) is 127 cm³/mol. The quantitative estimate of drug-likeness (QED) is 0.530. The molecule has 0 aliphatic carbocycles. The van der Waals surface area contributed by atoms with Gasteiger partial charge in [-0.05, 0) is 31.9 Å². The van der Waals surface area contributed by atoms with E-state index in [9.17, 15) is 9.59 Å². The Morgan fingerprint density at radius 3 is 2.69 bits per heavy atom. The molecule has 1 fully saturated rings. The van der Waals surface area contributed by atoms with Gasteiger partial charge in [-0.25, -0.2) is 4.79 Å². The zero-order valence-corrected chi connectivity index (χ0v) is 19.5. The Kier molecular flexibility index (Phi) is 8.83. The van der Waals surface area contributed by atoms with Crippen LogP contribution in [0.15, 0.2) is 29.1 Å². The van der Waals surface area contributed by atoms with Gasteiger partial charge in [-0.15, -0.1) is 11.3 Å². The van der Waals surface area contributed by atoms with Crippen molar-refractivity contribution in [3.05, 3.63) is 40.3 Å². The number of hydrogen-bond donors (Lipinski definition) is 3. The number of pyridine rings is 1. The van der Waals surface area contributed by atoms with Gasteiger partial charge in [0.1, 0.15) is 5.69 Å². The first-order valence-electron chi connectivity index (χ1n) is 10.9. The third-order valence-corrected chi connectivity index (χ3v) is 5.84. The Labute approximate surface area is 192 Å². The van der Waals surface area contributed by atoms with Crippen LogP contribution in [0.3, 0.4) is 0 Å². The lowest BCUT2D eigenvalue weighted by Crippen LogP contribution is -2.44. The third-order valence-electron chi connectivity index (χ3n) is 5.08. The molecule has 10 heteroatoms. The van der Waals surface area contributed by atoms with E-state index in [0.29, 0.717) is 30.2 Å². The molecule has 3 amide bonds. The molecule has 0 bridgehead atoms. The number of nitrogens with one attached hydrogen (secondary N) is 2. The first-order valence-corrected chi connectivity index (χ1v) is 11.8. The molecule has 3 rings (SSSR count). The summed E-state index contributed by atoms with van der Waals surface area (Å²) in [5.74, 6) is -0.318. The first-order chi connectivity index (χ1) is 15.4. The molecule has 1 saturated heterocycles. The second-order valence-corrected chi connectivity index (χ2v) is 8.82. The lowest BCUT2D eigenvalue weighted by Gasteiger charge is -2.29. The fourth-order valence-corrected chi connectivity index (χ4v) is 4.04. The second-order valence-electron chi connectivity index (χ2n) is 8.08. The number of aromatic nitrogens is 1. The predicted octanol–water partition coefficient (Wildman–Crippen LogP) is 2.62. The molecule has 0 aromatic carbocycles. The molecule has 0 atom stereocenters. The number of nitrogens with zero attached hydrogens (tertiary/aromatic N) is 3. The normalized spacial score (nSPS) is 14.3. The molecule has 2 aromatic rings. The van der Waals surface area contributed by atoms with Crippen LogP contribution in [0.2, 0.25) is 0 Å². The average molecular weight is 461 g/mol. The van der Waals surface area contributed by atoms with Crippen molar-refractivity contribution >= 4 is 34.6 Å². The van der Waals surface area contributed by atoms with Crippen molar-refractivity contribution in [3.8, 4) is 0 Å². The summed E-state index contributed by atoms with van der Waals surface area (Å²) in [6.45, 7) is 9.27. The topological polar surface area (TPSA) is 113 Å². The molecule has 1 aliphatic rings. The van der Waals surface area contributed by atoms with E-state index in [1.54, 1.807) is 27.9 Å². The number of urea groups is 1. The molecule has 0 radical (unpaired) electrons. The number of ether oxygens (including phenoxy) is 1. The summed E-state index contributed by atoms with van der Waals surface area (Å²) in [4.78, 5) is 33.6. The lowest BCUT2D eigenvalue weighted by molar-refractivity contribution is 0.0364. The Hall–Kier alpha value is -2.69. The minimum absolute atomic E-state index is 0.0537. The first kappa shape index (κ1) is 24.0. The molecule has 4 N–H and O–H groups in total. The Bertz CT molecular complexity index is 880. The number of carbonyl (C=O) groups is 2. The number of rotatable bonds is 9. The maximum atomic E-state index is 12.7. The smallest absolute Gasteiger partial charge is 0.317 e. The summed E-state index contributed by atoms with van der Waals surface area (Å²) in [7, 11) is 0. The highest BCUT2D eigenvalue weighted by atomic mass is 32.1. The van der Waals surface area contributed by atoms with E-state index in [2.05, 4.69) is 20.5 Å². The number of hydrogen-bond acceptors (Lipinski definition) is 7. The van der Waals surface area contributed by atoms with Gasteiger partial charge in [-0.3, -0.25) is 14.7 Å². The molecule has 0 spiro atoms. The van der Waals surface area contributed by atoms with Crippen LogP contribution in [-0.2, 0) is 11.3 Å². The molecule has 2 aromatic heterocycles. The number of anilines is 2. The molecule has 1 aliphatic heterocycles. The third kappa shape index (κ3) is 7.18. The summed E-state index contributed by atoms with van der Waals surface area (Å²) < 4.78 is 5.39. The van der Waals surface area contributed by atoms with Gasteiger partial charge in [0.2, 0.25) is 0 Å². The minimum atomic E-state index is -0.318. The van der Waals surface area contributed by atoms with E-state index in [1.165, 1.54) is 11.3 Å². The number of thiophene rings is 1. The van der Waals surface area contributed by atoms with E-state index in [1.807, 2.05) is 19.9 Å². The van der Waals surface area contributed by atoms with Crippen molar-refractivity contribution in [2.75, 3.05) is 50.4 Å². The van der Waals surface area contributed by atoms with Crippen LogP contribution in [0.4, 0.5) is 16.2 Å². The Morgan fingerprint density at radius 2 is 2.06 bits per heavy atom. The summed E-state index contributed by atoms with van der Waals surface area (Å²) in [6.07, 6.45) is 2.52. The fraction of sp³-hybridized carbons (Fsp3) is 0.500. The average Bonchev–Trinajstić information content (AvgIpc) is 3.18. The summed E-state index contributed by atoms with van der Waals surface area (Å²) in [6, 6.07) is 3.45. The van der Waals surface area contributed by atoms with Gasteiger partial charge in [-0.2, -0.15) is 0 Å². The van der Waals surface area contributed by atoms with Crippen LogP contribution < -0.4 is 16.4 Å². The van der Waals surface area contributed by atoms with Crippen molar-refractivity contribution in [2.24, 2.45) is 0 Å². The fourth-order valence-electron chi connectivity index (χ4n) is 3.37. The van der Waals surface area contributed by atoms with Crippen LogP contribution in [0, 0.1) is 0 Å². The van der Waals surface area contributed by atoms with E-state index in [0.717, 1.165) is 44.8 Å². The highest BCUT2D eigenvalue weighted by Gasteiger charge is 2.17. The van der Waals surface area contributed by atoms with Crippen LogP contribution >= 0.6 is 11.3 Å². The van der Waals surface area contributed by atoms with Crippen LogP contribution in [-0.4, -0.2) is 72.2 Å². The number of amides is 3. The van der Waals surface area contributed by atoms with Crippen molar-refractivity contribution in [1.82, 2.24) is 20.1 Å². The van der Waals surface area contributed by atoms with Gasteiger partial charge in [0.05, 0.1) is 24.6 Å². The summed E-state index contributed by atoms with van der Waals surface area (Å²) in [5, 5.41) is 9.28. The van der Waals surface area contributed by atoms with Gasteiger partial charge < -0.3 is 26.0 Å². The molecular weight excluding hydrogens is 428 g/mol. The van der Waals surface area contributed by atoms with Crippen molar-refractivity contribution in [2.45, 2.75) is 32.9 Å². The standard InChI is InChI=1S/C22H32N6O3S/c1-16(2)25-22(30)28(7-3-6-27-8-10-31-11-9-27)13-17-4-5-19(24-12-17)21(29)26-20-15-32-14-18(20)23/h4-5,12,14-16H,3,6-11,13,23H2,1-2H3,(H,25,30)(H,26,29). The number of nitrogen functional groups attached to an aromatic ring is 1. The molecule has 0 saturated carbocycles. The maximum Gasteiger partial charge on any atom is 0.317 e. The van der Waals surface area contributed by atoms with Gasteiger partial charge >= 0.3 is 6.03 Å². The van der Waals surface area contributed by atoms with E-state index >= 15 is 0 Å². The zero-order chi connectivity index (χ0) is 22.9. The number of morpholine rings is 1. The van der Waals surface area contributed by atoms with E-state index in [4.69, 9.17) is 10.5 Å². The van der Waals surface area contributed by atoms with Gasteiger partial charge in [0, 0.05) is 55.7 Å². The zero-order valence-electron chi connectivity index (χ0n) is 18.7. The summed E-state index contributed by atoms with van der Waals surface area (Å²) >= 11 is 1.42. The molecule has 9 nitrogen and oxygen atoms in total. The highest BCUT2D eigenvalue weighted by Crippen LogP contribution is 2.23. The summed E-state index contributed by atoms with van der Waals surface area (Å²) in [5.41, 5.74) is 8.09. The molecule has 174 valence electrons. The number of carbonyl (C=O) groups excluding carboxylic acids is 2. The van der Waals surface area contributed by atoms with E-state index < -0.39 is 0 Å². The van der Waals surface area contributed by atoms with Crippen LogP contribution in [0.5, 0.6) is 0 Å². The molecule has 3 heterocycles. The van der Waals surface area contributed by atoms with Crippen molar-refractivity contribution in [3.63, 3.8) is 0 Å². The Morgan fingerprint density at radius 1 is 1.28 bits per heavy atom. The van der Waals surface area contributed by atoms with E-state index in [-0.39, 0.29) is 18.0 Å². The van der Waals surface area contributed by atoms with Crippen LogP contribution in [0.25, 0.3) is 0 Å². The molecule has 32 heavy (non-hydrogen) atoms. The lowest BCUT2D eigenvalue weighted by atomic mass is 10.2. The largest absolute Gasteiger partial charge is 0.396 e. The second kappa shape index (κ2) is 11.8. The van der Waals surface area contributed by atoms with Crippen molar-refractivity contribution < 1.29 is 14.3 Å². The van der Waals surface area contributed by atoms with Gasteiger partial charge in [-0.1, -0.05) is 6.07 Å². The minimum Gasteiger partial charge on any atom is -0.396 e. The monoisotopic (exact) mass is 460 g/mol.